The lowest BCUT2D eigenvalue weighted by atomic mass is 10.2. The van der Waals surface area contributed by atoms with E-state index in [-0.39, 0.29) is 23.3 Å². The van der Waals surface area contributed by atoms with Crippen LogP contribution in [0.3, 0.4) is 0 Å². The van der Waals surface area contributed by atoms with Gasteiger partial charge in [-0.1, -0.05) is 15.9 Å². The van der Waals surface area contributed by atoms with Gasteiger partial charge in [0, 0.05) is 24.2 Å². The molecule has 116 valence electrons. The Balaban J connectivity index is 2.93. The van der Waals surface area contributed by atoms with Crippen LogP contribution in [0.2, 0.25) is 0 Å². The van der Waals surface area contributed by atoms with Gasteiger partial charge in [-0.05, 0) is 32.0 Å². The fourth-order valence-corrected chi connectivity index (χ4v) is 2.13. The van der Waals surface area contributed by atoms with Gasteiger partial charge in [0.15, 0.2) is 0 Å². The Morgan fingerprint density at radius 3 is 2.62 bits per heavy atom. The van der Waals surface area contributed by atoms with Gasteiger partial charge in [0.1, 0.15) is 0 Å². The molecule has 0 aliphatic heterocycles. The number of benzene rings is 1. The number of hydrogen-bond acceptors (Lipinski definition) is 3. The predicted molar refractivity (Wildman–Crippen MR) is 83.8 cm³/mol. The average Bonchev–Trinajstić information content (AvgIpc) is 2.40. The SMILES string of the molecule is COCCN(C(=O)Nc1ccc(Br)cc1C(=O)O)C(C)C. The number of carboxylic acid groups (broad SMARTS) is 1. The molecule has 7 heteroatoms. The quantitative estimate of drug-likeness (QED) is 0.818. The number of hydrogen-bond donors (Lipinski definition) is 2. The van der Waals surface area contributed by atoms with Crippen LogP contribution < -0.4 is 5.32 Å². The zero-order valence-electron chi connectivity index (χ0n) is 12.2. The molecule has 6 nitrogen and oxygen atoms in total. The van der Waals surface area contributed by atoms with Crippen LogP contribution in [0.4, 0.5) is 10.5 Å². The van der Waals surface area contributed by atoms with E-state index in [0.29, 0.717) is 17.6 Å². The van der Waals surface area contributed by atoms with Crippen molar-refractivity contribution in [2.75, 3.05) is 25.6 Å². The molecule has 1 aromatic carbocycles. The summed E-state index contributed by atoms with van der Waals surface area (Å²) < 4.78 is 5.62. The van der Waals surface area contributed by atoms with Crippen LogP contribution in [0.15, 0.2) is 22.7 Å². The molecule has 0 saturated carbocycles. The van der Waals surface area contributed by atoms with E-state index < -0.39 is 5.97 Å². The number of rotatable bonds is 6. The summed E-state index contributed by atoms with van der Waals surface area (Å²) >= 11 is 3.21. The maximum atomic E-state index is 12.3. The maximum absolute atomic E-state index is 12.3. The third kappa shape index (κ3) is 5.02. The van der Waals surface area contributed by atoms with E-state index in [2.05, 4.69) is 21.2 Å². The fraction of sp³-hybridized carbons (Fsp3) is 0.429. The first kappa shape index (κ1) is 17.5. The highest BCUT2D eigenvalue weighted by atomic mass is 79.9. The average molecular weight is 359 g/mol. The van der Waals surface area contributed by atoms with Crippen molar-refractivity contribution in [1.29, 1.82) is 0 Å². The number of aromatic carboxylic acids is 1. The first-order chi connectivity index (χ1) is 9.86. The molecule has 0 atom stereocenters. The van der Waals surface area contributed by atoms with E-state index in [0.717, 1.165) is 0 Å². The maximum Gasteiger partial charge on any atom is 0.337 e. The van der Waals surface area contributed by atoms with Crippen molar-refractivity contribution >= 4 is 33.6 Å². The molecule has 1 aromatic rings. The van der Waals surface area contributed by atoms with Crippen LogP contribution in [0.25, 0.3) is 0 Å². The molecule has 0 spiro atoms. The van der Waals surface area contributed by atoms with Crippen LogP contribution in [-0.2, 0) is 4.74 Å². The minimum Gasteiger partial charge on any atom is -0.478 e. The van der Waals surface area contributed by atoms with Gasteiger partial charge in [0.2, 0.25) is 0 Å². The Hall–Kier alpha value is -1.60. The van der Waals surface area contributed by atoms with Crippen molar-refractivity contribution in [2.45, 2.75) is 19.9 Å². The largest absolute Gasteiger partial charge is 0.478 e. The molecule has 2 N–H and O–H groups in total. The van der Waals surface area contributed by atoms with Gasteiger partial charge in [-0.15, -0.1) is 0 Å². The molecule has 0 aliphatic carbocycles. The highest BCUT2D eigenvalue weighted by molar-refractivity contribution is 9.10. The number of amides is 2. The monoisotopic (exact) mass is 358 g/mol. The molecule has 0 aliphatic rings. The normalized spacial score (nSPS) is 10.5. The Bertz CT molecular complexity index is 520. The number of methoxy groups -OCH3 is 1. The first-order valence-electron chi connectivity index (χ1n) is 6.46. The number of urea groups is 1. The van der Waals surface area contributed by atoms with Gasteiger partial charge in [-0.25, -0.2) is 9.59 Å². The van der Waals surface area contributed by atoms with Crippen molar-refractivity contribution in [2.24, 2.45) is 0 Å². The second-order valence-electron chi connectivity index (χ2n) is 4.71. The number of nitrogens with one attached hydrogen (secondary N) is 1. The molecule has 0 unspecified atom stereocenters. The minimum atomic E-state index is -1.10. The second-order valence-corrected chi connectivity index (χ2v) is 5.62. The van der Waals surface area contributed by atoms with Crippen LogP contribution >= 0.6 is 15.9 Å². The third-order valence-electron chi connectivity index (χ3n) is 2.87. The van der Waals surface area contributed by atoms with E-state index in [9.17, 15) is 14.7 Å². The summed E-state index contributed by atoms with van der Waals surface area (Å²) in [4.78, 5) is 25.1. The number of carboxylic acids is 1. The molecule has 0 aromatic heterocycles. The number of anilines is 1. The number of ether oxygens (including phenoxy) is 1. The standard InChI is InChI=1S/C14H19BrN2O4/c1-9(2)17(6-7-21-3)14(20)16-12-5-4-10(15)8-11(12)13(18)19/h4-5,8-9H,6-7H2,1-3H3,(H,16,20)(H,18,19). The molecule has 0 fully saturated rings. The smallest absolute Gasteiger partial charge is 0.337 e. The zero-order chi connectivity index (χ0) is 16.0. The van der Waals surface area contributed by atoms with Gasteiger partial charge < -0.3 is 20.1 Å². The minimum absolute atomic E-state index is 0.0242. The van der Waals surface area contributed by atoms with Crippen molar-refractivity contribution in [3.8, 4) is 0 Å². The summed E-state index contributed by atoms with van der Waals surface area (Å²) in [6.45, 7) is 4.61. The lowest BCUT2D eigenvalue weighted by molar-refractivity contribution is 0.0698. The topological polar surface area (TPSA) is 78.9 Å². The van der Waals surface area contributed by atoms with E-state index in [4.69, 9.17) is 4.74 Å². The lowest BCUT2D eigenvalue weighted by Crippen LogP contribution is -2.42. The van der Waals surface area contributed by atoms with Gasteiger partial charge in [-0.2, -0.15) is 0 Å². The highest BCUT2D eigenvalue weighted by Gasteiger charge is 2.19. The zero-order valence-corrected chi connectivity index (χ0v) is 13.8. The van der Waals surface area contributed by atoms with Gasteiger partial charge >= 0.3 is 12.0 Å². The molecule has 0 saturated heterocycles. The molecule has 2 amide bonds. The molecule has 0 radical (unpaired) electrons. The van der Waals surface area contributed by atoms with Gasteiger partial charge in [0.05, 0.1) is 17.9 Å². The van der Waals surface area contributed by atoms with Gasteiger partial charge in [0.25, 0.3) is 0 Å². The Kier molecular flexibility index (Phi) is 6.64. The van der Waals surface area contributed by atoms with Crippen molar-refractivity contribution < 1.29 is 19.4 Å². The number of nitrogens with zero attached hydrogens (tertiary/aromatic N) is 1. The Labute approximate surface area is 132 Å². The molecule has 1 rings (SSSR count). The van der Waals surface area contributed by atoms with E-state index in [1.807, 2.05) is 13.8 Å². The van der Waals surface area contributed by atoms with Crippen LogP contribution in [0.5, 0.6) is 0 Å². The molecule has 21 heavy (non-hydrogen) atoms. The van der Waals surface area contributed by atoms with Crippen molar-refractivity contribution in [3.63, 3.8) is 0 Å². The van der Waals surface area contributed by atoms with Gasteiger partial charge in [-0.3, -0.25) is 0 Å². The van der Waals surface area contributed by atoms with Crippen LogP contribution in [0.1, 0.15) is 24.2 Å². The van der Waals surface area contributed by atoms with E-state index in [1.165, 1.54) is 6.07 Å². The summed E-state index contributed by atoms with van der Waals surface area (Å²) in [6, 6.07) is 4.31. The third-order valence-corrected chi connectivity index (χ3v) is 3.37. The van der Waals surface area contributed by atoms with Crippen LogP contribution in [-0.4, -0.2) is 48.3 Å². The molecule has 0 bridgehead atoms. The summed E-state index contributed by atoms with van der Waals surface area (Å²) in [7, 11) is 1.56. The van der Waals surface area contributed by atoms with Crippen molar-refractivity contribution in [1.82, 2.24) is 4.90 Å². The van der Waals surface area contributed by atoms with E-state index in [1.54, 1.807) is 24.1 Å². The Morgan fingerprint density at radius 2 is 2.10 bits per heavy atom. The summed E-state index contributed by atoms with van der Waals surface area (Å²) in [6.07, 6.45) is 0. The number of halogens is 1. The van der Waals surface area contributed by atoms with Crippen molar-refractivity contribution in [3.05, 3.63) is 28.2 Å². The van der Waals surface area contributed by atoms with E-state index >= 15 is 0 Å². The highest BCUT2D eigenvalue weighted by Crippen LogP contribution is 2.21. The number of carbonyl (C=O) groups excluding carboxylic acids is 1. The molecular weight excluding hydrogens is 340 g/mol. The lowest BCUT2D eigenvalue weighted by Gasteiger charge is -2.27. The summed E-state index contributed by atoms with van der Waals surface area (Å²) in [5.41, 5.74) is 0.298. The first-order valence-corrected chi connectivity index (χ1v) is 7.25. The molecular formula is C14H19BrN2O4. The van der Waals surface area contributed by atoms with Crippen LogP contribution in [0, 0.1) is 0 Å². The second kappa shape index (κ2) is 7.99. The summed E-state index contributed by atoms with van der Waals surface area (Å²) in [5, 5.41) is 11.8. The number of carbonyl (C=O) groups is 2. The Morgan fingerprint density at radius 1 is 1.43 bits per heavy atom. The molecule has 0 heterocycles. The fourth-order valence-electron chi connectivity index (χ4n) is 1.77. The summed E-state index contributed by atoms with van der Waals surface area (Å²) in [5.74, 6) is -1.10. The predicted octanol–water partition coefficient (Wildman–Crippen LogP) is 3.04.